The number of esters is 1. The number of ether oxygens (including phenoxy) is 1. The SMILES string of the molecule is Cc1ccccc1C(=O)OCC(=O)Nc1ccc(Cl)cc1[N+](=O)[O-]. The van der Waals surface area contributed by atoms with Crippen molar-refractivity contribution in [2.75, 3.05) is 11.9 Å². The zero-order chi connectivity index (χ0) is 17.7. The van der Waals surface area contributed by atoms with Crippen LogP contribution in [0.5, 0.6) is 0 Å². The summed E-state index contributed by atoms with van der Waals surface area (Å²) in [6.07, 6.45) is 0. The van der Waals surface area contributed by atoms with Crippen molar-refractivity contribution in [3.63, 3.8) is 0 Å². The van der Waals surface area contributed by atoms with Gasteiger partial charge < -0.3 is 10.1 Å². The third kappa shape index (κ3) is 4.30. The topological polar surface area (TPSA) is 98.5 Å². The van der Waals surface area contributed by atoms with Crippen LogP contribution in [0.25, 0.3) is 0 Å². The van der Waals surface area contributed by atoms with Crippen molar-refractivity contribution in [1.29, 1.82) is 0 Å². The van der Waals surface area contributed by atoms with Crippen LogP contribution < -0.4 is 5.32 Å². The molecule has 24 heavy (non-hydrogen) atoms. The van der Waals surface area contributed by atoms with Gasteiger partial charge in [-0.15, -0.1) is 0 Å². The van der Waals surface area contributed by atoms with Crippen LogP contribution in [-0.2, 0) is 9.53 Å². The van der Waals surface area contributed by atoms with Crippen LogP contribution in [0.4, 0.5) is 11.4 Å². The standard InChI is InChI=1S/C16H13ClN2O5/c1-10-4-2-3-5-12(10)16(21)24-9-15(20)18-13-7-6-11(17)8-14(13)19(22)23/h2-8H,9H2,1H3,(H,18,20). The first kappa shape index (κ1) is 17.4. The van der Waals surface area contributed by atoms with Gasteiger partial charge in [0.05, 0.1) is 10.5 Å². The Morgan fingerprint density at radius 3 is 2.62 bits per heavy atom. The number of halogens is 1. The lowest BCUT2D eigenvalue weighted by molar-refractivity contribution is -0.383. The third-order valence-corrected chi connectivity index (χ3v) is 3.36. The number of anilines is 1. The van der Waals surface area contributed by atoms with Crippen molar-refractivity contribution in [1.82, 2.24) is 0 Å². The molecule has 0 aromatic heterocycles. The highest BCUT2D eigenvalue weighted by molar-refractivity contribution is 6.31. The van der Waals surface area contributed by atoms with E-state index in [9.17, 15) is 19.7 Å². The number of nitrogens with zero attached hydrogens (tertiary/aromatic N) is 1. The summed E-state index contributed by atoms with van der Waals surface area (Å²) in [5, 5.41) is 13.5. The maximum absolute atomic E-state index is 11.9. The van der Waals surface area contributed by atoms with E-state index in [1.807, 2.05) is 0 Å². The molecule has 0 bridgehead atoms. The quantitative estimate of drug-likeness (QED) is 0.507. The average Bonchev–Trinajstić information content (AvgIpc) is 2.54. The van der Waals surface area contributed by atoms with Crippen molar-refractivity contribution in [2.24, 2.45) is 0 Å². The highest BCUT2D eigenvalue weighted by Gasteiger charge is 2.18. The number of nitrogens with one attached hydrogen (secondary N) is 1. The fraction of sp³-hybridized carbons (Fsp3) is 0.125. The van der Waals surface area contributed by atoms with E-state index in [1.54, 1.807) is 31.2 Å². The predicted molar refractivity (Wildman–Crippen MR) is 88.2 cm³/mol. The number of nitro benzene ring substituents is 1. The molecule has 0 unspecified atom stereocenters. The molecule has 1 N–H and O–H groups in total. The summed E-state index contributed by atoms with van der Waals surface area (Å²) in [7, 11) is 0. The summed E-state index contributed by atoms with van der Waals surface area (Å²) < 4.78 is 4.92. The summed E-state index contributed by atoms with van der Waals surface area (Å²) in [4.78, 5) is 34.1. The van der Waals surface area contributed by atoms with Crippen LogP contribution in [0.3, 0.4) is 0 Å². The zero-order valence-electron chi connectivity index (χ0n) is 12.6. The molecule has 0 saturated carbocycles. The van der Waals surface area contributed by atoms with Gasteiger partial charge in [-0.3, -0.25) is 14.9 Å². The van der Waals surface area contributed by atoms with Crippen molar-refractivity contribution in [2.45, 2.75) is 6.92 Å². The minimum absolute atomic E-state index is 0.0265. The van der Waals surface area contributed by atoms with Gasteiger partial charge in [0, 0.05) is 11.1 Å². The van der Waals surface area contributed by atoms with E-state index < -0.39 is 23.4 Å². The van der Waals surface area contributed by atoms with Gasteiger partial charge in [-0.05, 0) is 30.7 Å². The Labute approximate surface area is 142 Å². The lowest BCUT2D eigenvalue weighted by Gasteiger charge is -2.08. The molecule has 0 heterocycles. The van der Waals surface area contributed by atoms with E-state index in [1.165, 1.54) is 12.1 Å². The number of hydrogen-bond acceptors (Lipinski definition) is 5. The fourth-order valence-corrected chi connectivity index (χ4v) is 2.12. The first-order valence-corrected chi connectivity index (χ1v) is 7.23. The largest absolute Gasteiger partial charge is 0.452 e. The normalized spacial score (nSPS) is 10.1. The summed E-state index contributed by atoms with van der Waals surface area (Å²) in [6, 6.07) is 10.6. The minimum Gasteiger partial charge on any atom is -0.452 e. The van der Waals surface area contributed by atoms with Crippen molar-refractivity contribution < 1.29 is 19.2 Å². The van der Waals surface area contributed by atoms with Gasteiger partial charge in [0.2, 0.25) is 0 Å². The van der Waals surface area contributed by atoms with Gasteiger partial charge in [-0.25, -0.2) is 4.79 Å². The fourth-order valence-electron chi connectivity index (χ4n) is 1.96. The Kier molecular flexibility index (Phi) is 5.49. The van der Waals surface area contributed by atoms with Gasteiger partial charge >= 0.3 is 5.97 Å². The molecule has 0 atom stereocenters. The predicted octanol–water partition coefficient (Wildman–Crippen LogP) is 3.35. The van der Waals surface area contributed by atoms with E-state index >= 15 is 0 Å². The molecule has 0 radical (unpaired) electrons. The van der Waals surface area contributed by atoms with E-state index in [0.717, 1.165) is 11.6 Å². The molecule has 124 valence electrons. The lowest BCUT2D eigenvalue weighted by Crippen LogP contribution is -2.21. The van der Waals surface area contributed by atoms with E-state index in [-0.39, 0.29) is 16.4 Å². The molecular formula is C16H13ClN2O5. The van der Waals surface area contributed by atoms with Crippen LogP contribution >= 0.6 is 11.6 Å². The minimum atomic E-state index is -0.692. The molecule has 2 aromatic rings. The summed E-state index contributed by atoms with van der Waals surface area (Å²) in [6.45, 7) is 1.18. The highest BCUT2D eigenvalue weighted by atomic mass is 35.5. The average molecular weight is 349 g/mol. The Balaban J connectivity index is 2.01. The molecule has 0 saturated heterocycles. The van der Waals surface area contributed by atoms with E-state index in [4.69, 9.17) is 16.3 Å². The molecule has 7 nitrogen and oxygen atoms in total. The molecule has 0 aliphatic heterocycles. The Bertz CT molecular complexity index is 807. The number of amides is 1. The molecule has 0 aliphatic rings. The summed E-state index contributed by atoms with van der Waals surface area (Å²) in [5.74, 6) is -1.34. The maximum atomic E-state index is 11.9. The molecule has 2 aromatic carbocycles. The van der Waals surface area contributed by atoms with Crippen molar-refractivity contribution in [3.8, 4) is 0 Å². The van der Waals surface area contributed by atoms with Gasteiger partial charge in [-0.1, -0.05) is 29.8 Å². The first-order chi connectivity index (χ1) is 11.4. The second kappa shape index (κ2) is 7.56. The smallest absolute Gasteiger partial charge is 0.338 e. The molecule has 1 amide bonds. The summed E-state index contributed by atoms with van der Waals surface area (Å²) >= 11 is 5.70. The van der Waals surface area contributed by atoms with Gasteiger partial charge in [0.15, 0.2) is 6.61 Å². The number of nitro groups is 1. The van der Waals surface area contributed by atoms with Gasteiger partial charge in [-0.2, -0.15) is 0 Å². The number of hydrogen-bond donors (Lipinski definition) is 1. The molecule has 0 spiro atoms. The van der Waals surface area contributed by atoms with E-state index in [2.05, 4.69) is 5.32 Å². The van der Waals surface area contributed by atoms with Crippen LogP contribution in [0.15, 0.2) is 42.5 Å². The molecule has 2 rings (SSSR count). The van der Waals surface area contributed by atoms with Crippen molar-refractivity contribution in [3.05, 3.63) is 68.7 Å². The zero-order valence-corrected chi connectivity index (χ0v) is 13.4. The number of carbonyl (C=O) groups excluding carboxylic acids is 2. The monoisotopic (exact) mass is 348 g/mol. The van der Waals surface area contributed by atoms with Crippen LogP contribution in [0.1, 0.15) is 15.9 Å². The number of carbonyl (C=O) groups is 2. The Morgan fingerprint density at radius 2 is 1.96 bits per heavy atom. The molecule has 8 heteroatoms. The van der Waals surface area contributed by atoms with Crippen LogP contribution in [0.2, 0.25) is 5.02 Å². The van der Waals surface area contributed by atoms with Crippen LogP contribution in [-0.4, -0.2) is 23.4 Å². The van der Waals surface area contributed by atoms with Gasteiger partial charge in [0.25, 0.3) is 11.6 Å². The van der Waals surface area contributed by atoms with Crippen LogP contribution in [0, 0.1) is 17.0 Å². The highest BCUT2D eigenvalue weighted by Crippen LogP contribution is 2.27. The maximum Gasteiger partial charge on any atom is 0.338 e. The Morgan fingerprint density at radius 1 is 1.25 bits per heavy atom. The lowest BCUT2D eigenvalue weighted by atomic mass is 10.1. The van der Waals surface area contributed by atoms with E-state index in [0.29, 0.717) is 5.56 Å². The molecule has 0 fully saturated rings. The first-order valence-electron chi connectivity index (χ1n) is 6.85. The third-order valence-electron chi connectivity index (χ3n) is 3.13. The summed E-state index contributed by atoms with van der Waals surface area (Å²) in [5.41, 5.74) is 0.696. The number of aryl methyl sites for hydroxylation is 1. The van der Waals surface area contributed by atoms with Crippen molar-refractivity contribution >= 4 is 34.9 Å². The molecule has 0 aliphatic carbocycles. The second-order valence-corrected chi connectivity index (χ2v) is 5.29. The molecular weight excluding hydrogens is 336 g/mol. The number of rotatable bonds is 5. The van der Waals surface area contributed by atoms with Gasteiger partial charge in [0.1, 0.15) is 5.69 Å². The second-order valence-electron chi connectivity index (χ2n) is 4.86. The Hall–Kier alpha value is -2.93. The number of benzene rings is 2.